The minimum atomic E-state index is -4.79. The molecule has 1 unspecified atom stereocenters. The number of hydrogen-bond donors (Lipinski definition) is 0. The number of hydrogen-bond acceptors (Lipinski definition) is 4. The van der Waals surface area contributed by atoms with E-state index in [1.165, 1.54) is 0 Å². The van der Waals surface area contributed by atoms with Crippen LogP contribution in [0.25, 0.3) is 0 Å². The molecular weight excluding hydrogens is 159 g/mol. The van der Waals surface area contributed by atoms with Crippen LogP contribution < -0.4 is 9.79 Å². The Kier molecular flexibility index (Phi) is 3.61. The lowest BCUT2D eigenvalue weighted by atomic mass is 10.5. The van der Waals surface area contributed by atoms with Gasteiger partial charge in [0.15, 0.2) is 0 Å². The summed E-state index contributed by atoms with van der Waals surface area (Å²) in [6, 6.07) is 0. The first-order valence-electron chi connectivity index (χ1n) is 2.37. The fourth-order valence-corrected chi connectivity index (χ4v) is 1.08. The van der Waals surface area contributed by atoms with Gasteiger partial charge in [-0.2, -0.15) is 0 Å². The summed E-state index contributed by atoms with van der Waals surface area (Å²) in [5.41, 5.74) is -0.689. The molecule has 0 aliphatic carbocycles. The molecule has 0 rings (SSSR count). The monoisotopic (exact) mass is 165 g/mol. The predicted octanol–water partition coefficient (Wildman–Crippen LogP) is -1.26. The molecule has 0 aromatic heterocycles. The van der Waals surface area contributed by atoms with Crippen LogP contribution in [0.1, 0.15) is 13.3 Å². The highest BCUT2D eigenvalue weighted by molar-refractivity contribution is 7.43. The average Bonchev–Trinajstić information content (AvgIpc) is 1.62. The fraction of sp³-hybridized carbons (Fsp3) is 1.00. The maximum atomic E-state index is 9.82. The average molecular weight is 165 g/mol. The highest BCUT2D eigenvalue weighted by Gasteiger charge is 1.99. The third-order valence-electron chi connectivity index (χ3n) is 0.627. The highest BCUT2D eigenvalue weighted by atomic mass is 31.2. The van der Waals surface area contributed by atoms with E-state index >= 15 is 0 Å². The molecule has 1 atom stereocenters. The highest BCUT2D eigenvalue weighted by Crippen LogP contribution is 2.26. The van der Waals surface area contributed by atoms with E-state index in [0.717, 1.165) is 0 Å². The number of phosphoric ester groups is 1. The third-order valence-corrected chi connectivity index (χ3v) is 1.86. The van der Waals surface area contributed by atoms with Crippen molar-refractivity contribution in [1.82, 2.24) is 0 Å². The Balaban J connectivity index is 3.60. The smallest absolute Gasteiger partial charge is 0.0662 e. The molecule has 0 spiro atoms. The van der Waals surface area contributed by atoms with Gasteiger partial charge in [-0.05, 0) is 6.42 Å². The minimum absolute atomic E-state index is 0.436. The number of phosphoric acid groups is 1. The second-order valence-corrected chi connectivity index (χ2v) is 3.20. The lowest BCUT2D eigenvalue weighted by Gasteiger charge is -2.31. The van der Waals surface area contributed by atoms with Crippen LogP contribution in [-0.4, -0.2) is 16.0 Å². The van der Waals surface area contributed by atoms with Crippen molar-refractivity contribution < 1.29 is 18.9 Å². The third kappa shape index (κ3) is 6.21. The van der Waals surface area contributed by atoms with Crippen molar-refractivity contribution in [2.24, 2.45) is 0 Å². The molecule has 3 radical (unpaired) electrons. The van der Waals surface area contributed by atoms with E-state index in [1.54, 1.807) is 6.92 Å². The molecular formula is C3H6O4PSi-2. The Morgan fingerprint density at radius 1 is 1.78 bits per heavy atom. The van der Waals surface area contributed by atoms with Crippen molar-refractivity contribution in [3.8, 4) is 0 Å². The van der Waals surface area contributed by atoms with Crippen molar-refractivity contribution in [2.75, 3.05) is 0 Å². The molecule has 0 saturated heterocycles. The Morgan fingerprint density at radius 2 is 2.22 bits per heavy atom. The normalized spacial score (nSPS) is 15.6. The van der Waals surface area contributed by atoms with Crippen LogP contribution in [0.5, 0.6) is 0 Å². The first-order chi connectivity index (χ1) is 3.95. The van der Waals surface area contributed by atoms with Crippen LogP contribution in [0, 0.1) is 0 Å². The van der Waals surface area contributed by atoms with E-state index in [2.05, 4.69) is 14.8 Å². The van der Waals surface area contributed by atoms with Gasteiger partial charge in [0.2, 0.25) is 0 Å². The number of rotatable bonds is 3. The van der Waals surface area contributed by atoms with Gasteiger partial charge in [-0.1, -0.05) is 6.92 Å². The van der Waals surface area contributed by atoms with E-state index in [1.807, 2.05) is 0 Å². The van der Waals surface area contributed by atoms with Crippen LogP contribution in [0.3, 0.4) is 0 Å². The van der Waals surface area contributed by atoms with E-state index < -0.39 is 13.5 Å². The van der Waals surface area contributed by atoms with Crippen LogP contribution in [0.15, 0.2) is 0 Å². The lowest BCUT2D eigenvalue weighted by Crippen LogP contribution is -2.22. The quantitative estimate of drug-likeness (QED) is 0.386. The summed E-state index contributed by atoms with van der Waals surface area (Å²) in [5, 5.41) is 0. The van der Waals surface area contributed by atoms with Gasteiger partial charge in [-0.3, -0.25) is 0 Å². The van der Waals surface area contributed by atoms with Crippen molar-refractivity contribution in [2.45, 2.75) is 19.1 Å². The Hall–Kier alpha value is 0.327. The molecule has 4 nitrogen and oxygen atoms in total. The summed E-state index contributed by atoms with van der Waals surface area (Å²) in [7, 11) is -1.92. The summed E-state index contributed by atoms with van der Waals surface area (Å²) >= 11 is 0. The Morgan fingerprint density at radius 3 is 2.33 bits per heavy atom. The lowest BCUT2D eigenvalue weighted by molar-refractivity contribution is -0.342. The molecule has 9 heavy (non-hydrogen) atoms. The van der Waals surface area contributed by atoms with Gasteiger partial charge < -0.3 is 18.9 Å². The fourth-order valence-electron chi connectivity index (χ4n) is 0.230. The summed E-state index contributed by atoms with van der Waals surface area (Å²) in [5.74, 6) is 0. The van der Waals surface area contributed by atoms with E-state index in [0.29, 0.717) is 6.42 Å². The molecule has 6 heteroatoms. The second kappa shape index (κ2) is 3.48. The molecule has 0 saturated carbocycles. The van der Waals surface area contributed by atoms with Crippen molar-refractivity contribution in [1.29, 1.82) is 0 Å². The summed E-state index contributed by atoms with van der Waals surface area (Å²) in [4.78, 5) is 19.6. The van der Waals surface area contributed by atoms with Gasteiger partial charge in [-0.25, -0.2) is 0 Å². The standard InChI is InChI=1S/C3H8O4PSi/c1-2-3(9)7-8(4,5)6/h3H,2H2,1H3,(H2,4,5,6)/p-2. The SMILES string of the molecule is CCC([Si])OP(=O)([O-])[O-]. The maximum absolute atomic E-state index is 9.82. The summed E-state index contributed by atoms with van der Waals surface area (Å²) < 4.78 is 13.8. The second-order valence-electron chi connectivity index (χ2n) is 1.45. The van der Waals surface area contributed by atoms with Gasteiger partial charge in [0.1, 0.15) is 0 Å². The largest absolute Gasteiger partial charge is 0.790 e. The molecule has 0 aromatic rings. The van der Waals surface area contributed by atoms with Crippen LogP contribution in [-0.2, 0) is 9.09 Å². The molecule has 0 N–H and O–H groups in total. The minimum Gasteiger partial charge on any atom is -0.790 e. The molecule has 0 fully saturated rings. The van der Waals surface area contributed by atoms with Crippen LogP contribution in [0.4, 0.5) is 0 Å². The van der Waals surface area contributed by atoms with Gasteiger partial charge in [-0.15, -0.1) is 0 Å². The summed E-state index contributed by atoms with van der Waals surface area (Å²) in [6.07, 6.45) is 0.436. The van der Waals surface area contributed by atoms with Crippen molar-refractivity contribution >= 4 is 18.1 Å². The molecule has 0 aliphatic rings. The maximum Gasteiger partial charge on any atom is 0.0662 e. The molecule has 0 heterocycles. The van der Waals surface area contributed by atoms with Crippen molar-refractivity contribution in [3.63, 3.8) is 0 Å². The molecule has 0 bridgehead atoms. The van der Waals surface area contributed by atoms with Gasteiger partial charge >= 0.3 is 0 Å². The molecule has 0 aromatic carbocycles. The zero-order valence-corrected chi connectivity index (χ0v) is 6.76. The Labute approximate surface area is 56.9 Å². The molecule has 0 aliphatic heterocycles. The first kappa shape index (κ1) is 9.33. The van der Waals surface area contributed by atoms with Gasteiger partial charge in [0.05, 0.1) is 18.1 Å². The van der Waals surface area contributed by atoms with Crippen LogP contribution >= 0.6 is 7.82 Å². The van der Waals surface area contributed by atoms with E-state index in [4.69, 9.17) is 0 Å². The van der Waals surface area contributed by atoms with Gasteiger partial charge in [0, 0.05) is 5.73 Å². The zero-order chi connectivity index (χ0) is 7.49. The molecule has 53 valence electrons. The van der Waals surface area contributed by atoms with Crippen LogP contribution in [0.2, 0.25) is 0 Å². The Bertz CT molecular complexity index is 121. The van der Waals surface area contributed by atoms with E-state index in [-0.39, 0.29) is 0 Å². The zero-order valence-electron chi connectivity index (χ0n) is 4.86. The topological polar surface area (TPSA) is 72.4 Å². The van der Waals surface area contributed by atoms with E-state index in [9.17, 15) is 14.4 Å². The first-order valence-corrected chi connectivity index (χ1v) is 4.41. The van der Waals surface area contributed by atoms with Gasteiger partial charge in [0.25, 0.3) is 0 Å². The molecule has 0 amide bonds. The summed E-state index contributed by atoms with van der Waals surface area (Å²) in [6.45, 7) is 1.69. The predicted molar refractivity (Wildman–Crippen MR) is 28.5 cm³/mol. The van der Waals surface area contributed by atoms with Crippen molar-refractivity contribution in [3.05, 3.63) is 0 Å².